The molecule has 182 valence electrons. The number of aryl methyl sites for hydroxylation is 1. The number of carbonyl (C=O) groups is 4. The number of hydrogen-bond acceptors (Lipinski definition) is 5. The summed E-state index contributed by atoms with van der Waals surface area (Å²) in [5, 5.41) is 5.44. The third kappa shape index (κ3) is 6.88. The highest BCUT2D eigenvalue weighted by Crippen LogP contribution is 2.29. The van der Waals surface area contributed by atoms with E-state index in [0.717, 1.165) is 5.56 Å². The number of halogens is 1. The minimum atomic E-state index is -0.974. The van der Waals surface area contributed by atoms with E-state index in [1.165, 1.54) is 21.9 Å². The summed E-state index contributed by atoms with van der Waals surface area (Å²) in [6.45, 7) is 3.90. The lowest BCUT2D eigenvalue weighted by Crippen LogP contribution is -2.62. The van der Waals surface area contributed by atoms with Gasteiger partial charge < -0.3 is 31.9 Å². The summed E-state index contributed by atoms with van der Waals surface area (Å²) >= 11 is 0. The molecule has 2 saturated heterocycles. The molecule has 1 aromatic rings. The molecule has 3 rings (SSSR count). The second kappa shape index (κ2) is 11.6. The van der Waals surface area contributed by atoms with Crippen molar-refractivity contribution >= 4 is 23.8 Å². The Bertz CT molecular complexity index is 844. The predicted octanol–water partition coefficient (Wildman–Crippen LogP) is -0.157. The Hall–Kier alpha value is -3.21. The van der Waals surface area contributed by atoms with Gasteiger partial charge in [-0.25, -0.2) is 9.18 Å². The first-order chi connectivity index (χ1) is 15.5. The van der Waals surface area contributed by atoms with Crippen molar-refractivity contribution in [1.29, 1.82) is 0 Å². The van der Waals surface area contributed by atoms with Crippen LogP contribution in [0.5, 0.6) is 0 Å². The molecule has 0 aromatic heterocycles. The molecule has 2 fully saturated rings. The Morgan fingerprint density at radius 3 is 2.27 bits per heavy atom. The zero-order valence-electron chi connectivity index (χ0n) is 19.2. The lowest BCUT2D eigenvalue weighted by Gasteiger charge is -2.38. The van der Waals surface area contributed by atoms with Crippen molar-refractivity contribution in [2.24, 2.45) is 11.5 Å². The normalized spacial score (nSPS) is 23.4. The summed E-state index contributed by atoms with van der Waals surface area (Å²) in [5.74, 6) is -1.52. The minimum absolute atomic E-state index is 0.0367. The molecular weight excluding hydrogens is 431 g/mol. The van der Waals surface area contributed by atoms with E-state index in [9.17, 15) is 23.6 Å². The predicted molar refractivity (Wildman–Crippen MR) is 120 cm³/mol. The first-order valence-electron chi connectivity index (χ1n) is 10.9. The smallest absolute Gasteiger partial charge is 0.314 e. The van der Waals surface area contributed by atoms with Crippen LogP contribution in [-0.2, 0) is 14.4 Å². The number of nitrogens with zero attached hydrogens (tertiary/aromatic N) is 2. The quantitative estimate of drug-likeness (QED) is 0.488. The Morgan fingerprint density at radius 2 is 1.76 bits per heavy atom. The van der Waals surface area contributed by atoms with Crippen molar-refractivity contribution in [1.82, 2.24) is 20.4 Å². The lowest BCUT2D eigenvalue weighted by atomic mass is 10.1. The van der Waals surface area contributed by atoms with Gasteiger partial charge in [-0.05, 0) is 52.3 Å². The molecule has 6 N–H and O–H groups in total. The molecule has 5 amide bonds. The van der Waals surface area contributed by atoms with E-state index in [2.05, 4.69) is 10.6 Å². The van der Waals surface area contributed by atoms with Crippen LogP contribution < -0.4 is 22.1 Å². The number of carbonyl (C=O) groups excluding carboxylic acids is 4. The van der Waals surface area contributed by atoms with Gasteiger partial charge in [0.1, 0.15) is 17.9 Å². The van der Waals surface area contributed by atoms with Gasteiger partial charge in [0, 0.05) is 12.6 Å². The number of likely N-dealkylation sites (N-methyl/N-ethyl adjacent to an activating group) is 1. The zero-order chi connectivity index (χ0) is 24.7. The first kappa shape index (κ1) is 26.0. The molecule has 10 nitrogen and oxygen atoms in total. The molecule has 0 spiro atoms. The Morgan fingerprint density at radius 1 is 1.12 bits per heavy atom. The highest BCUT2D eigenvalue weighted by molar-refractivity contribution is 5.93. The molecule has 2 aliphatic heterocycles. The maximum absolute atomic E-state index is 13.0. The molecule has 4 atom stereocenters. The van der Waals surface area contributed by atoms with Crippen LogP contribution in [0.1, 0.15) is 31.7 Å². The number of nitrogens with two attached hydrogens (primary N) is 2. The van der Waals surface area contributed by atoms with Gasteiger partial charge >= 0.3 is 6.03 Å². The van der Waals surface area contributed by atoms with E-state index >= 15 is 0 Å². The molecule has 2 heterocycles. The second-order valence-corrected chi connectivity index (χ2v) is 8.33. The highest BCUT2D eigenvalue weighted by Gasteiger charge is 2.44. The van der Waals surface area contributed by atoms with Gasteiger partial charge in [0.2, 0.25) is 17.7 Å². The number of fused-ring (bicyclic) bond motifs is 1. The zero-order valence-corrected chi connectivity index (χ0v) is 19.2. The van der Waals surface area contributed by atoms with Gasteiger partial charge in [-0.15, -0.1) is 0 Å². The van der Waals surface area contributed by atoms with Crippen LogP contribution in [0.2, 0.25) is 0 Å². The molecule has 11 heteroatoms. The van der Waals surface area contributed by atoms with Crippen molar-refractivity contribution < 1.29 is 23.6 Å². The highest BCUT2D eigenvalue weighted by atomic mass is 19.1. The molecule has 0 bridgehead atoms. The maximum atomic E-state index is 13.0. The van der Waals surface area contributed by atoms with Crippen LogP contribution in [0.15, 0.2) is 24.3 Å². The fourth-order valence-corrected chi connectivity index (χ4v) is 3.92. The fourth-order valence-electron chi connectivity index (χ4n) is 3.92. The van der Waals surface area contributed by atoms with Crippen LogP contribution in [0, 0.1) is 12.7 Å². The molecule has 3 unspecified atom stereocenters. The number of urea groups is 1. The number of benzene rings is 1. The summed E-state index contributed by atoms with van der Waals surface area (Å²) in [6, 6.07) is 3.38. The lowest BCUT2D eigenvalue weighted by molar-refractivity contribution is -0.144. The Balaban J connectivity index is 0.000000405. The summed E-state index contributed by atoms with van der Waals surface area (Å²) in [7, 11) is 1.62. The largest absolute Gasteiger partial charge is 0.368 e. The summed E-state index contributed by atoms with van der Waals surface area (Å²) in [5.41, 5.74) is 11.9. The van der Waals surface area contributed by atoms with Crippen LogP contribution >= 0.6 is 0 Å². The van der Waals surface area contributed by atoms with E-state index in [1.807, 2.05) is 6.92 Å². The number of amides is 5. The van der Waals surface area contributed by atoms with E-state index in [0.29, 0.717) is 25.8 Å². The number of hydrogen-bond donors (Lipinski definition) is 4. The molecule has 33 heavy (non-hydrogen) atoms. The number of primary amides is 2. The van der Waals surface area contributed by atoms with Crippen LogP contribution in [0.4, 0.5) is 9.18 Å². The Kier molecular flexibility index (Phi) is 9.15. The number of rotatable bonds is 4. The van der Waals surface area contributed by atoms with E-state index < -0.39 is 36.0 Å². The third-order valence-corrected chi connectivity index (χ3v) is 5.98. The monoisotopic (exact) mass is 464 g/mol. The van der Waals surface area contributed by atoms with Gasteiger partial charge in [0.15, 0.2) is 0 Å². The van der Waals surface area contributed by atoms with Gasteiger partial charge in [0.05, 0.1) is 12.6 Å². The summed E-state index contributed by atoms with van der Waals surface area (Å²) in [4.78, 5) is 51.4. The van der Waals surface area contributed by atoms with Gasteiger partial charge in [-0.2, -0.15) is 0 Å². The topological polar surface area (TPSA) is 151 Å². The van der Waals surface area contributed by atoms with Crippen molar-refractivity contribution in [3.63, 3.8) is 0 Å². The first-order valence-corrected chi connectivity index (χ1v) is 10.9. The SMILES string of the molecule is CN[C@@H](C)C(=O)NC1CN(C(N)=O)CCC2CCC(C(N)=O)N2C1=O.Cc1ccc(F)cc1. The average Bonchev–Trinajstić information content (AvgIpc) is 3.19. The molecule has 1 aromatic carbocycles. The van der Waals surface area contributed by atoms with Crippen molar-refractivity contribution in [3.8, 4) is 0 Å². The minimum Gasteiger partial charge on any atom is -0.368 e. The van der Waals surface area contributed by atoms with E-state index in [4.69, 9.17) is 11.5 Å². The molecule has 0 radical (unpaired) electrons. The van der Waals surface area contributed by atoms with Gasteiger partial charge in [-0.3, -0.25) is 14.4 Å². The van der Waals surface area contributed by atoms with Crippen LogP contribution in [-0.4, -0.2) is 77.9 Å². The van der Waals surface area contributed by atoms with E-state index in [-0.39, 0.29) is 24.3 Å². The standard InChI is InChI=1S/C15H26N6O4.C7H7F/c1-8(18-2)13(23)19-10-7-20(15(17)25)6-5-9-3-4-11(12(16)22)21(9)14(10)24;1-6-2-4-7(8)5-3-6/h8-11,18H,3-7H2,1-2H3,(H2,16,22)(H2,17,25)(H,19,23);2-5H,1H3/t8-,9?,10?,11?;/m0./s1. The van der Waals surface area contributed by atoms with Crippen molar-refractivity contribution in [2.75, 3.05) is 20.1 Å². The van der Waals surface area contributed by atoms with Crippen molar-refractivity contribution in [3.05, 3.63) is 35.6 Å². The van der Waals surface area contributed by atoms with Crippen LogP contribution in [0.25, 0.3) is 0 Å². The van der Waals surface area contributed by atoms with E-state index in [1.54, 1.807) is 26.1 Å². The molecule has 2 aliphatic rings. The Labute approximate surface area is 192 Å². The van der Waals surface area contributed by atoms with Crippen LogP contribution in [0.3, 0.4) is 0 Å². The molecule has 0 saturated carbocycles. The molecular formula is C22H33FN6O4. The fraction of sp³-hybridized carbons (Fsp3) is 0.545. The second-order valence-electron chi connectivity index (χ2n) is 8.33. The van der Waals surface area contributed by atoms with Gasteiger partial charge in [0.25, 0.3) is 0 Å². The van der Waals surface area contributed by atoms with Gasteiger partial charge in [-0.1, -0.05) is 17.7 Å². The number of nitrogens with one attached hydrogen (secondary N) is 2. The van der Waals surface area contributed by atoms with Crippen molar-refractivity contribution in [2.45, 2.75) is 57.3 Å². The third-order valence-electron chi connectivity index (χ3n) is 5.98. The average molecular weight is 465 g/mol. The molecule has 0 aliphatic carbocycles. The summed E-state index contributed by atoms with van der Waals surface area (Å²) in [6.07, 6.45) is 1.63. The maximum Gasteiger partial charge on any atom is 0.314 e. The summed E-state index contributed by atoms with van der Waals surface area (Å²) < 4.78 is 12.1.